The van der Waals surface area contributed by atoms with E-state index in [0.717, 1.165) is 5.20 Å². The Morgan fingerprint density at radius 3 is 2.42 bits per heavy atom. The molecular weight excluding hydrogens is 215 g/mol. The summed E-state index contributed by atoms with van der Waals surface area (Å²) in [5, 5.41) is 0.784. The number of esters is 1. The Morgan fingerprint density at radius 2 is 2.08 bits per heavy atom. The molecule has 0 unspecified atom stereocenters. The maximum atomic E-state index is 10.4. The Morgan fingerprint density at radius 1 is 1.58 bits per heavy atom. The zero-order valence-corrected chi connectivity index (χ0v) is 9.71. The molecule has 12 heavy (non-hydrogen) atoms. The molecule has 2 nitrogen and oxygen atoms in total. The van der Waals surface area contributed by atoms with Crippen LogP contribution >= 0.6 is 22.2 Å². The standard InChI is InChI=1S/C7H12Cl2O2Si/c1-6(12(3,8)9)4-5-11-7(2)10/h1,4-5H2,2-3H3. The molecule has 0 spiro atoms. The lowest BCUT2D eigenvalue weighted by atomic mass is 10.4. The molecule has 0 rings (SSSR count). The Balaban J connectivity index is 3.66. The van der Waals surface area contributed by atoms with Crippen LogP contribution in [0.15, 0.2) is 11.8 Å². The van der Waals surface area contributed by atoms with Gasteiger partial charge in [0.2, 0.25) is 0 Å². The maximum Gasteiger partial charge on any atom is 0.302 e. The number of hydrogen-bond donors (Lipinski definition) is 0. The number of halogens is 2. The largest absolute Gasteiger partial charge is 0.466 e. The summed E-state index contributed by atoms with van der Waals surface area (Å²) in [5.41, 5.74) is 0. The van der Waals surface area contributed by atoms with Crippen molar-refractivity contribution in [1.82, 2.24) is 0 Å². The fourth-order valence-electron chi connectivity index (χ4n) is 0.537. The lowest BCUT2D eigenvalue weighted by molar-refractivity contribution is -0.140. The molecule has 0 aliphatic carbocycles. The predicted molar refractivity (Wildman–Crippen MR) is 53.7 cm³/mol. The molecule has 0 radical (unpaired) electrons. The van der Waals surface area contributed by atoms with Gasteiger partial charge in [0, 0.05) is 13.3 Å². The summed E-state index contributed by atoms with van der Waals surface area (Å²) >= 11 is 11.7. The molecule has 0 aliphatic heterocycles. The first-order valence-corrected chi connectivity index (χ1v) is 8.06. The van der Waals surface area contributed by atoms with Gasteiger partial charge in [-0.15, -0.1) is 28.7 Å². The van der Waals surface area contributed by atoms with Gasteiger partial charge in [0.15, 0.2) is 0 Å². The number of carbonyl (C=O) groups excluding carboxylic acids is 1. The SMILES string of the molecule is C=C(CCOC(C)=O)[Si](C)(Cl)Cl. The van der Waals surface area contributed by atoms with E-state index in [4.69, 9.17) is 26.9 Å². The quantitative estimate of drug-likeness (QED) is 0.419. The second-order valence-electron chi connectivity index (χ2n) is 2.58. The van der Waals surface area contributed by atoms with Gasteiger partial charge in [-0.05, 0) is 6.55 Å². The minimum Gasteiger partial charge on any atom is -0.466 e. The number of ether oxygens (including phenoxy) is 1. The van der Waals surface area contributed by atoms with Crippen molar-refractivity contribution in [1.29, 1.82) is 0 Å². The van der Waals surface area contributed by atoms with Gasteiger partial charge in [0.25, 0.3) is 6.69 Å². The lowest BCUT2D eigenvalue weighted by Gasteiger charge is -2.13. The van der Waals surface area contributed by atoms with Crippen molar-refractivity contribution in [3.63, 3.8) is 0 Å². The number of hydrogen-bond acceptors (Lipinski definition) is 2. The molecular formula is C7H12Cl2O2Si. The first-order valence-electron chi connectivity index (χ1n) is 3.53. The van der Waals surface area contributed by atoms with Gasteiger partial charge < -0.3 is 4.74 Å². The molecule has 0 aliphatic rings. The zero-order valence-electron chi connectivity index (χ0n) is 7.19. The summed E-state index contributed by atoms with van der Waals surface area (Å²) in [7, 11) is 0. The van der Waals surface area contributed by atoms with E-state index in [1.54, 1.807) is 6.55 Å². The third-order valence-corrected chi connectivity index (χ3v) is 4.43. The second kappa shape index (κ2) is 4.89. The van der Waals surface area contributed by atoms with Crippen LogP contribution in [0.25, 0.3) is 0 Å². The normalized spacial score (nSPS) is 11.0. The van der Waals surface area contributed by atoms with Crippen molar-refractivity contribution in [3.05, 3.63) is 11.8 Å². The van der Waals surface area contributed by atoms with Gasteiger partial charge in [-0.2, -0.15) is 0 Å². The van der Waals surface area contributed by atoms with Crippen LogP contribution in [0, 0.1) is 0 Å². The molecule has 0 aromatic rings. The molecule has 0 heterocycles. The van der Waals surface area contributed by atoms with Crippen molar-refractivity contribution < 1.29 is 9.53 Å². The van der Waals surface area contributed by atoms with E-state index < -0.39 is 6.69 Å². The van der Waals surface area contributed by atoms with Crippen LogP contribution in [0.5, 0.6) is 0 Å². The van der Waals surface area contributed by atoms with E-state index in [-0.39, 0.29) is 5.97 Å². The highest BCUT2D eigenvalue weighted by Crippen LogP contribution is 2.24. The third kappa shape index (κ3) is 5.63. The van der Waals surface area contributed by atoms with Crippen LogP contribution in [-0.2, 0) is 9.53 Å². The molecule has 0 fully saturated rings. The molecule has 0 aromatic carbocycles. The van der Waals surface area contributed by atoms with Gasteiger partial charge >= 0.3 is 5.97 Å². The Bertz CT molecular complexity index is 186. The predicted octanol–water partition coefficient (Wildman–Crippen LogP) is 2.58. The highest BCUT2D eigenvalue weighted by Gasteiger charge is 2.24. The van der Waals surface area contributed by atoms with Crippen LogP contribution in [0.1, 0.15) is 13.3 Å². The van der Waals surface area contributed by atoms with E-state index in [1.807, 2.05) is 0 Å². The molecule has 0 saturated carbocycles. The van der Waals surface area contributed by atoms with Crippen LogP contribution in [0.3, 0.4) is 0 Å². The van der Waals surface area contributed by atoms with Gasteiger partial charge in [-0.25, -0.2) is 0 Å². The van der Waals surface area contributed by atoms with Crippen molar-refractivity contribution in [3.8, 4) is 0 Å². The average Bonchev–Trinajstić information content (AvgIpc) is 1.84. The summed E-state index contributed by atoms with van der Waals surface area (Å²) in [4.78, 5) is 10.4. The molecule has 0 aromatic heterocycles. The maximum absolute atomic E-state index is 10.4. The Hall–Kier alpha value is 0.00688. The number of rotatable bonds is 4. The monoisotopic (exact) mass is 226 g/mol. The highest BCUT2D eigenvalue weighted by molar-refractivity contribution is 7.47. The van der Waals surface area contributed by atoms with Gasteiger partial charge in [0.1, 0.15) is 0 Å². The molecule has 5 heteroatoms. The van der Waals surface area contributed by atoms with Crippen molar-refractivity contribution >= 4 is 34.8 Å². The van der Waals surface area contributed by atoms with Crippen LogP contribution in [0.4, 0.5) is 0 Å². The van der Waals surface area contributed by atoms with Crippen LogP contribution in [-0.4, -0.2) is 19.3 Å². The molecule has 0 N–H and O–H groups in total. The summed E-state index contributed by atoms with van der Waals surface area (Å²) in [6.45, 7) is 4.90. The minimum atomic E-state index is -2.27. The Labute approximate surface area is 82.9 Å². The Kier molecular flexibility index (Phi) is 4.90. The summed E-state index contributed by atoms with van der Waals surface area (Å²) < 4.78 is 4.71. The fraction of sp³-hybridized carbons (Fsp3) is 0.571. The molecule has 0 atom stereocenters. The first kappa shape index (κ1) is 12.0. The molecule has 0 bridgehead atoms. The highest BCUT2D eigenvalue weighted by atomic mass is 35.7. The number of carbonyl (C=O) groups is 1. The second-order valence-corrected chi connectivity index (χ2v) is 10.2. The molecule has 0 amide bonds. The van der Waals surface area contributed by atoms with Crippen molar-refractivity contribution in [2.24, 2.45) is 0 Å². The van der Waals surface area contributed by atoms with Gasteiger partial charge in [0.05, 0.1) is 6.61 Å². The first-order chi connectivity index (χ1) is 5.34. The van der Waals surface area contributed by atoms with Gasteiger partial charge in [-0.3, -0.25) is 4.79 Å². The molecule has 70 valence electrons. The molecule has 0 saturated heterocycles. The van der Waals surface area contributed by atoms with E-state index in [9.17, 15) is 4.79 Å². The summed E-state index contributed by atoms with van der Waals surface area (Å²) in [6.07, 6.45) is 0.551. The van der Waals surface area contributed by atoms with Crippen LogP contribution in [0.2, 0.25) is 6.55 Å². The minimum absolute atomic E-state index is 0.296. The average molecular weight is 227 g/mol. The van der Waals surface area contributed by atoms with E-state index in [2.05, 4.69) is 6.58 Å². The smallest absolute Gasteiger partial charge is 0.302 e. The fourth-order valence-corrected chi connectivity index (χ4v) is 1.65. The van der Waals surface area contributed by atoms with Crippen LogP contribution < -0.4 is 0 Å². The van der Waals surface area contributed by atoms with E-state index >= 15 is 0 Å². The van der Waals surface area contributed by atoms with E-state index in [1.165, 1.54) is 6.92 Å². The van der Waals surface area contributed by atoms with Crippen molar-refractivity contribution in [2.75, 3.05) is 6.61 Å². The summed E-state index contributed by atoms with van der Waals surface area (Å²) in [5.74, 6) is -0.296. The van der Waals surface area contributed by atoms with E-state index in [0.29, 0.717) is 13.0 Å². The van der Waals surface area contributed by atoms with Crippen molar-refractivity contribution in [2.45, 2.75) is 19.9 Å². The van der Waals surface area contributed by atoms with Gasteiger partial charge in [-0.1, -0.05) is 5.20 Å². The lowest BCUT2D eigenvalue weighted by Crippen LogP contribution is -2.18. The third-order valence-electron chi connectivity index (χ3n) is 1.33. The summed E-state index contributed by atoms with van der Waals surface area (Å²) in [6, 6.07) is 0. The zero-order chi connectivity index (χ0) is 9.78. The topological polar surface area (TPSA) is 26.3 Å².